The Hall–Kier alpha value is -2.41. The predicted octanol–water partition coefficient (Wildman–Crippen LogP) is 4.31. The summed E-state index contributed by atoms with van der Waals surface area (Å²) in [7, 11) is 0. The summed E-state index contributed by atoms with van der Waals surface area (Å²) in [6.45, 7) is 4.92. The van der Waals surface area contributed by atoms with Crippen molar-refractivity contribution in [2.45, 2.75) is 25.5 Å². The summed E-state index contributed by atoms with van der Waals surface area (Å²) in [4.78, 5) is 12.3. The van der Waals surface area contributed by atoms with Crippen LogP contribution >= 0.6 is 11.8 Å². The molecule has 0 unspecified atom stereocenters. The van der Waals surface area contributed by atoms with E-state index in [1.165, 1.54) is 36.0 Å². The minimum absolute atomic E-state index is 0.0800. The zero-order valence-electron chi connectivity index (χ0n) is 14.0. The molecule has 0 aliphatic carbocycles. The van der Waals surface area contributed by atoms with E-state index in [-0.39, 0.29) is 17.4 Å². The Balaban J connectivity index is 1.77. The Morgan fingerprint density at radius 1 is 1.24 bits per heavy atom. The third kappa shape index (κ3) is 4.17. The summed E-state index contributed by atoms with van der Waals surface area (Å²) in [5.41, 5.74) is 0.482. The topological polar surface area (TPSA) is 60.9 Å². The van der Waals surface area contributed by atoms with Crippen LogP contribution in [0.3, 0.4) is 0 Å². The van der Waals surface area contributed by atoms with Crippen LogP contribution in [-0.4, -0.2) is 26.3 Å². The second-order valence-electron chi connectivity index (χ2n) is 6.01. The van der Waals surface area contributed by atoms with E-state index < -0.39 is 0 Å². The molecule has 5 nitrogen and oxygen atoms in total. The van der Waals surface area contributed by atoms with E-state index in [2.05, 4.69) is 24.0 Å². The van der Waals surface area contributed by atoms with Gasteiger partial charge in [-0.15, -0.1) is 10.2 Å². The van der Waals surface area contributed by atoms with Crippen molar-refractivity contribution in [2.24, 2.45) is 5.92 Å². The Morgan fingerprint density at radius 3 is 2.64 bits per heavy atom. The lowest BCUT2D eigenvalue weighted by Gasteiger charge is -2.11. The van der Waals surface area contributed by atoms with Crippen LogP contribution in [0, 0.1) is 11.7 Å². The molecular weight excluding hydrogens is 341 g/mol. The van der Waals surface area contributed by atoms with Gasteiger partial charge >= 0.3 is 0 Å². The molecule has 0 radical (unpaired) electrons. The number of nitrogens with zero attached hydrogens (tertiary/aromatic N) is 3. The van der Waals surface area contributed by atoms with Gasteiger partial charge in [-0.3, -0.25) is 9.36 Å². The summed E-state index contributed by atoms with van der Waals surface area (Å²) < 4.78 is 20.4. The maximum absolute atomic E-state index is 13.0. The number of hydrogen-bond donors (Lipinski definition) is 0. The third-order valence-corrected chi connectivity index (χ3v) is 4.47. The molecule has 0 fully saturated rings. The van der Waals surface area contributed by atoms with Gasteiger partial charge in [0, 0.05) is 12.1 Å². The number of aromatic nitrogens is 3. The Kier molecular flexibility index (Phi) is 5.33. The second kappa shape index (κ2) is 7.65. The van der Waals surface area contributed by atoms with E-state index in [1.54, 1.807) is 12.3 Å². The van der Waals surface area contributed by atoms with E-state index in [0.29, 0.717) is 28.2 Å². The summed E-state index contributed by atoms with van der Waals surface area (Å²) in [5.74, 6) is 1.45. The molecule has 7 heteroatoms. The number of ketones is 1. The monoisotopic (exact) mass is 359 g/mol. The van der Waals surface area contributed by atoms with Crippen LogP contribution in [-0.2, 0) is 6.54 Å². The number of furan rings is 1. The van der Waals surface area contributed by atoms with Gasteiger partial charge in [0.2, 0.25) is 0 Å². The van der Waals surface area contributed by atoms with Crippen LogP contribution < -0.4 is 0 Å². The highest BCUT2D eigenvalue weighted by molar-refractivity contribution is 7.99. The SMILES string of the molecule is CC(C)Cn1c(SCC(=O)c2ccc(F)cc2)nnc1-c1ccco1. The summed E-state index contributed by atoms with van der Waals surface area (Å²) in [6, 6.07) is 9.19. The average Bonchev–Trinajstić information content (AvgIpc) is 3.22. The van der Waals surface area contributed by atoms with Crippen LogP contribution in [0.2, 0.25) is 0 Å². The van der Waals surface area contributed by atoms with Gasteiger partial charge in [-0.05, 0) is 42.3 Å². The van der Waals surface area contributed by atoms with Gasteiger partial charge in [-0.1, -0.05) is 25.6 Å². The number of carbonyl (C=O) groups excluding carboxylic acids is 1. The first-order valence-electron chi connectivity index (χ1n) is 7.93. The van der Waals surface area contributed by atoms with Gasteiger partial charge in [-0.25, -0.2) is 4.39 Å². The standard InChI is InChI=1S/C18H18FN3O2S/c1-12(2)10-22-17(16-4-3-9-24-16)20-21-18(22)25-11-15(23)13-5-7-14(19)8-6-13/h3-9,12H,10-11H2,1-2H3. The molecule has 3 aromatic rings. The molecule has 0 atom stereocenters. The van der Waals surface area contributed by atoms with Gasteiger partial charge in [-0.2, -0.15) is 0 Å². The first kappa shape index (κ1) is 17.4. The molecule has 0 saturated carbocycles. The highest BCUT2D eigenvalue weighted by Crippen LogP contribution is 2.26. The van der Waals surface area contributed by atoms with E-state index >= 15 is 0 Å². The number of thioether (sulfide) groups is 1. The largest absolute Gasteiger partial charge is 0.461 e. The van der Waals surface area contributed by atoms with Crippen molar-refractivity contribution in [2.75, 3.05) is 5.75 Å². The molecule has 2 heterocycles. The van der Waals surface area contributed by atoms with Crippen LogP contribution in [0.4, 0.5) is 4.39 Å². The van der Waals surface area contributed by atoms with E-state index in [1.807, 2.05) is 10.6 Å². The lowest BCUT2D eigenvalue weighted by atomic mass is 10.1. The minimum atomic E-state index is -0.357. The molecule has 3 rings (SSSR count). The summed E-state index contributed by atoms with van der Waals surface area (Å²) in [6.07, 6.45) is 1.59. The van der Waals surface area contributed by atoms with Crippen molar-refractivity contribution in [1.29, 1.82) is 0 Å². The van der Waals surface area contributed by atoms with Gasteiger partial charge < -0.3 is 4.42 Å². The lowest BCUT2D eigenvalue weighted by molar-refractivity contribution is 0.102. The number of hydrogen-bond acceptors (Lipinski definition) is 5. The first-order valence-corrected chi connectivity index (χ1v) is 8.92. The molecular formula is C18H18FN3O2S. The molecule has 1 aromatic carbocycles. The molecule has 25 heavy (non-hydrogen) atoms. The van der Waals surface area contributed by atoms with Crippen molar-refractivity contribution < 1.29 is 13.6 Å². The van der Waals surface area contributed by atoms with Gasteiger partial charge in [0.25, 0.3) is 0 Å². The van der Waals surface area contributed by atoms with E-state index in [9.17, 15) is 9.18 Å². The molecule has 0 amide bonds. The number of carbonyl (C=O) groups is 1. The molecule has 0 bridgehead atoms. The van der Waals surface area contributed by atoms with Gasteiger partial charge in [0.15, 0.2) is 22.5 Å². The second-order valence-corrected chi connectivity index (χ2v) is 6.95. The van der Waals surface area contributed by atoms with Crippen molar-refractivity contribution >= 4 is 17.5 Å². The first-order chi connectivity index (χ1) is 12.0. The fraction of sp³-hybridized carbons (Fsp3) is 0.278. The molecule has 130 valence electrons. The van der Waals surface area contributed by atoms with Crippen molar-refractivity contribution in [3.63, 3.8) is 0 Å². The average molecular weight is 359 g/mol. The van der Waals surface area contributed by atoms with Gasteiger partial charge in [0.05, 0.1) is 12.0 Å². The fourth-order valence-corrected chi connectivity index (χ4v) is 3.20. The van der Waals surface area contributed by atoms with Crippen molar-refractivity contribution in [3.05, 3.63) is 54.0 Å². The number of benzene rings is 1. The van der Waals surface area contributed by atoms with Crippen molar-refractivity contribution in [1.82, 2.24) is 14.8 Å². The number of rotatable bonds is 7. The van der Waals surface area contributed by atoms with Crippen LogP contribution in [0.5, 0.6) is 0 Å². The highest BCUT2D eigenvalue weighted by Gasteiger charge is 2.18. The van der Waals surface area contributed by atoms with Gasteiger partial charge in [0.1, 0.15) is 5.82 Å². The van der Waals surface area contributed by atoms with Crippen LogP contribution in [0.25, 0.3) is 11.6 Å². The zero-order chi connectivity index (χ0) is 17.8. The van der Waals surface area contributed by atoms with E-state index in [4.69, 9.17) is 4.42 Å². The minimum Gasteiger partial charge on any atom is -0.461 e. The molecule has 0 aliphatic heterocycles. The summed E-state index contributed by atoms with van der Waals surface area (Å²) in [5, 5.41) is 9.08. The molecule has 0 aliphatic rings. The molecule has 0 spiro atoms. The Labute approximate surface area is 149 Å². The third-order valence-electron chi connectivity index (χ3n) is 3.50. The Morgan fingerprint density at radius 2 is 2.00 bits per heavy atom. The number of halogens is 1. The quantitative estimate of drug-likeness (QED) is 0.465. The maximum Gasteiger partial charge on any atom is 0.200 e. The zero-order valence-corrected chi connectivity index (χ0v) is 14.8. The fourth-order valence-electron chi connectivity index (χ4n) is 2.36. The summed E-state index contributed by atoms with van der Waals surface area (Å²) >= 11 is 1.32. The molecule has 0 N–H and O–H groups in total. The lowest BCUT2D eigenvalue weighted by Crippen LogP contribution is -2.09. The normalized spacial score (nSPS) is 11.2. The van der Waals surface area contributed by atoms with E-state index in [0.717, 1.165) is 6.54 Å². The maximum atomic E-state index is 13.0. The predicted molar refractivity (Wildman–Crippen MR) is 94.0 cm³/mol. The number of Topliss-reactive ketones (excluding diaryl/α,β-unsaturated/α-hetero) is 1. The molecule has 0 saturated heterocycles. The smallest absolute Gasteiger partial charge is 0.200 e. The molecule has 2 aromatic heterocycles. The highest BCUT2D eigenvalue weighted by atomic mass is 32.2. The van der Waals surface area contributed by atoms with Crippen molar-refractivity contribution in [3.8, 4) is 11.6 Å². The Bertz CT molecular complexity index is 842. The van der Waals surface area contributed by atoms with Crippen LogP contribution in [0.15, 0.2) is 52.2 Å². The van der Waals surface area contributed by atoms with Crippen LogP contribution in [0.1, 0.15) is 24.2 Å².